The van der Waals surface area contributed by atoms with Crippen LogP contribution in [0.5, 0.6) is 5.75 Å². The van der Waals surface area contributed by atoms with Crippen molar-refractivity contribution in [2.45, 2.75) is 45.6 Å². The number of fused-ring (bicyclic) bond motifs is 1. The molecule has 3 heterocycles. The number of halogens is 4. The number of aromatic amines is 1. The van der Waals surface area contributed by atoms with Crippen molar-refractivity contribution < 1.29 is 32.2 Å². The lowest BCUT2D eigenvalue weighted by Crippen LogP contribution is -2.43. The van der Waals surface area contributed by atoms with Gasteiger partial charge >= 0.3 is 0 Å². The molecular formula is C22H26F4N4O3. The number of ether oxygens (including phenoxy) is 1. The summed E-state index contributed by atoms with van der Waals surface area (Å²) in [5.41, 5.74) is 5.69. The number of carbonyl (C=O) groups is 1. The molecule has 0 unspecified atom stereocenters. The highest BCUT2D eigenvalue weighted by atomic mass is 19.3. The number of rotatable bonds is 8. The predicted molar refractivity (Wildman–Crippen MR) is 115 cm³/mol. The van der Waals surface area contributed by atoms with Crippen LogP contribution >= 0.6 is 0 Å². The van der Waals surface area contributed by atoms with Crippen LogP contribution in [-0.2, 0) is 4.79 Å². The smallest absolute Gasteiger partial charge is 0.290 e. The topological polar surface area (TPSA) is 114 Å². The third-order valence-electron chi connectivity index (χ3n) is 4.60. The lowest BCUT2D eigenvalue weighted by molar-refractivity contribution is -0.122. The first kappa shape index (κ1) is 26.0. The molecule has 0 bridgehead atoms. The van der Waals surface area contributed by atoms with Gasteiger partial charge in [0.2, 0.25) is 0 Å². The zero-order valence-corrected chi connectivity index (χ0v) is 18.4. The molecule has 11 heteroatoms. The molecule has 3 rings (SSSR count). The monoisotopic (exact) mass is 470 g/mol. The molecule has 3 aromatic heterocycles. The summed E-state index contributed by atoms with van der Waals surface area (Å²) in [5, 5.41) is 7.26. The third kappa shape index (κ3) is 6.88. The summed E-state index contributed by atoms with van der Waals surface area (Å²) in [5.74, 6) is 0.271. The summed E-state index contributed by atoms with van der Waals surface area (Å²) in [6.07, 6.45) is -2.33. The summed E-state index contributed by atoms with van der Waals surface area (Å²) in [6.45, 7) is 5.64. The summed E-state index contributed by atoms with van der Waals surface area (Å²) in [6, 6.07) is 4.19. The zero-order chi connectivity index (χ0) is 24.8. The van der Waals surface area contributed by atoms with Gasteiger partial charge in [-0.2, -0.15) is 0 Å². The maximum atomic E-state index is 13.7. The fourth-order valence-corrected chi connectivity index (χ4v) is 3.48. The van der Waals surface area contributed by atoms with Gasteiger partial charge in [-0.3, -0.25) is 4.79 Å². The second-order valence-electron chi connectivity index (χ2n) is 8.19. The Morgan fingerprint density at radius 2 is 1.91 bits per heavy atom. The van der Waals surface area contributed by atoms with Gasteiger partial charge in [-0.05, 0) is 37.5 Å². The van der Waals surface area contributed by atoms with Gasteiger partial charge in [-0.1, -0.05) is 13.8 Å². The Morgan fingerprint density at radius 1 is 1.24 bits per heavy atom. The number of alkyl halides is 4. The molecule has 0 aliphatic rings. The van der Waals surface area contributed by atoms with E-state index in [1.54, 1.807) is 6.92 Å². The highest BCUT2D eigenvalue weighted by Gasteiger charge is 2.24. The molecule has 0 aliphatic carbocycles. The van der Waals surface area contributed by atoms with E-state index in [0.29, 0.717) is 28.9 Å². The van der Waals surface area contributed by atoms with Gasteiger partial charge in [0.1, 0.15) is 23.7 Å². The minimum atomic E-state index is -2.88. The van der Waals surface area contributed by atoms with E-state index in [2.05, 4.69) is 15.0 Å². The van der Waals surface area contributed by atoms with E-state index >= 15 is 0 Å². The molecule has 0 aromatic carbocycles. The van der Waals surface area contributed by atoms with Crippen LogP contribution < -0.4 is 10.5 Å². The van der Waals surface area contributed by atoms with Crippen molar-refractivity contribution in [3.8, 4) is 17.0 Å². The third-order valence-corrected chi connectivity index (χ3v) is 4.60. The summed E-state index contributed by atoms with van der Waals surface area (Å²) < 4.78 is 59.0. The van der Waals surface area contributed by atoms with Crippen LogP contribution in [0, 0.1) is 5.92 Å². The Hall–Kier alpha value is -3.21. The quantitative estimate of drug-likeness (QED) is 0.302. The van der Waals surface area contributed by atoms with Crippen LogP contribution in [0.25, 0.3) is 22.3 Å². The fourth-order valence-electron chi connectivity index (χ4n) is 3.48. The van der Waals surface area contributed by atoms with E-state index in [4.69, 9.17) is 20.4 Å². The number of H-pyrrole nitrogens is 1. The Kier molecular flexibility index (Phi) is 8.75. The van der Waals surface area contributed by atoms with E-state index in [0.717, 1.165) is 6.20 Å². The van der Waals surface area contributed by atoms with Gasteiger partial charge in [-0.25, -0.2) is 27.5 Å². The average Bonchev–Trinajstić information content (AvgIpc) is 3.15. The van der Waals surface area contributed by atoms with Crippen LogP contribution in [0.2, 0.25) is 0 Å². The first-order chi connectivity index (χ1) is 15.5. The van der Waals surface area contributed by atoms with E-state index in [-0.39, 0.29) is 30.1 Å². The second-order valence-corrected chi connectivity index (χ2v) is 8.19. The van der Waals surface area contributed by atoms with E-state index in [1.807, 2.05) is 13.8 Å². The molecule has 180 valence electrons. The molecule has 0 spiro atoms. The molecule has 0 radical (unpaired) electrons. The van der Waals surface area contributed by atoms with Crippen LogP contribution in [-0.4, -0.2) is 38.7 Å². The molecule has 7 nitrogen and oxygen atoms in total. The molecule has 0 amide bonds. The number of nitrogens with zero attached hydrogens (tertiary/aromatic N) is 2. The van der Waals surface area contributed by atoms with Crippen molar-refractivity contribution >= 4 is 17.5 Å². The standard InChI is InChI=1S/C21H24F4N4O.CH2O2/c1-11(2)7-21(3,26)10-30-16-5-4-15(29-17(16)19(24)25)14-9-28-20-13(14)6-12(8-27-20)18(22)23;2-1-3/h4-6,8-9,11,18-19H,7,10,26H2,1-3H3,(H,27,28);1H,(H,2,3)/t21-;/m0./s1. The maximum absolute atomic E-state index is 13.7. The second kappa shape index (κ2) is 11.1. The highest BCUT2D eigenvalue weighted by molar-refractivity contribution is 5.92. The van der Waals surface area contributed by atoms with Gasteiger partial charge in [0.25, 0.3) is 19.3 Å². The highest BCUT2D eigenvalue weighted by Crippen LogP contribution is 2.34. The zero-order valence-electron chi connectivity index (χ0n) is 18.4. The lowest BCUT2D eigenvalue weighted by atomic mass is 9.93. The molecule has 33 heavy (non-hydrogen) atoms. The summed E-state index contributed by atoms with van der Waals surface area (Å²) in [7, 11) is 0. The van der Waals surface area contributed by atoms with E-state index < -0.39 is 24.1 Å². The van der Waals surface area contributed by atoms with Crippen molar-refractivity contribution in [3.63, 3.8) is 0 Å². The number of carboxylic acid groups (broad SMARTS) is 1. The Balaban J connectivity index is 0.00000122. The molecule has 4 N–H and O–H groups in total. The van der Waals surface area contributed by atoms with Crippen LogP contribution in [0.15, 0.2) is 30.6 Å². The summed E-state index contributed by atoms with van der Waals surface area (Å²) in [4.78, 5) is 19.2. The normalized spacial score (nSPS) is 13.2. The molecule has 0 saturated heterocycles. The molecular weight excluding hydrogens is 444 g/mol. The van der Waals surface area contributed by atoms with Crippen LogP contribution in [0.4, 0.5) is 17.6 Å². The number of nitrogens with two attached hydrogens (primary N) is 1. The lowest BCUT2D eigenvalue weighted by Gasteiger charge is -2.27. The average molecular weight is 470 g/mol. The number of pyridine rings is 2. The van der Waals surface area contributed by atoms with Crippen molar-refractivity contribution in [2.75, 3.05) is 6.61 Å². The predicted octanol–water partition coefficient (Wildman–Crippen LogP) is 5.34. The SMILES string of the molecule is CC(C)C[C@](C)(N)COc1ccc(-c2c[nH]c3ncc(C(F)F)cc23)nc1C(F)F.O=CO. The number of aromatic nitrogens is 3. The number of hydrogen-bond donors (Lipinski definition) is 3. The minimum absolute atomic E-state index is 0.0552. The summed E-state index contributed by atoms with van der Waals surface area (Å²) >= 11 is 0. The van der Waals surface area contributed by atoms with Gasteiger partial charge in [0.15, 0.2) is 0 Å². The van der Waals surface area contributed by atoms with Crippen molar-refractivity contribution in [1.29, 1.82) is 0 Å². The molecule has 0 aliphatic heterocycles. The Labute approximate surface area is 188 Å². The minimum Gasteiger partial charge on any atom is -0.490 e. The Bertz CT molecular complexity index is 1070. The van der Waals surface area contributed by atoms with Crippen LogP contribution in [0.1, 0.15) is 51.3 Å². The van der Waals surface area contributed by atoms with E-state index in [1.165, 1.54) is 24.4 Å². The van der Waals surface area contributed by atoms with E-state index in [9.17, 15) is 17.6 Å². The van der Waals surface area contributed by atoms with Gasteiger partial charge in [0.05, 0.1) is 5.69 Å². The van der Waals surface area contributed by atoms with Crippen molar-refractivity contribution in [3.05, 3.63) is 41.9 Å². The van der Waals surface area contributed by atoms with Crippen molar-refractivity contribution in [1.82, 2.24) is 15.0 Å². The Morgan fingerprint density at radius 3 is 2.48 bits per heavy atom. The first-order valence-electron chi connectivity index (χ1n) is 10.0. The van der Waals surface area contributed by atoms with Gasteiger partial charge in [-0.15, -0.1) is 0 Å². The number of hydrogen-bond acceptors (Lipinski definition) is 5. The molecule has 0 fully saturated rings. The molecule has 1 atom stereocenters. The molecule has 0 saturated carbocycles. The van der Waals surface area contributed by atoms with Gasteiger partial charge < -0.3 is 20.6 Å². The van der Waals surface area contributed by atoms with Crippen molar-refractivity contribution in [2.24, 2.45) is 11.7 Å². The van der Waals surface area contributed by atoms with Gasteiger partial charge in [0, 0.05) is 34.4 Å². The molecule has 3 aromatic rings. The maximum Gasteiger partial charge on any atom is 0.290 e. The first-order valence-corrected chi connectivity index (χ1v) is 10.0. The largest absolute Gasteiger partial charge is 0.490 e. The number of nitrogens with one attached hydrogen (secondary N) is 1. The van der Waals surface area contributed by atoms with Crippen LogP contribution in [0.3, 0.4) is 0 Å². The fraction of sp³-hybridized carbons (Fsp3) is 0.409.